The second-order valence-corrected chi connectivity index (χ2v) is 5.98. The van der Waals surface area contributed by atoms with E-state index in [1.807, 2.05) is 13.8 Å². The molecular formula is C16H18FN5O2. The number of anilines is 3. The summed E-state index contributed by atoms with van der Waals surface area (Å²) in [7, 11) is 0. The quantitative estimate of drug-likeness (QED) is 0.695. The fourth-order valence-electron chi connectivity index (χ4n) is 2.46. The van der Waals surface area contributed by atoms with E-state index in [9.17, 15) is 14.0 Å². The Kier molecular flexibility index (Phi) is 4.20. The van der Waals surface area contributed by atoms with Crippen molar-refractivity contribution in [2.75, 3.05) is 16.0 Å². The summed E-state index contributed by atoms with van der Waals surface area (Å²) in [6.07, 6.45) is 0.852. The van der Waals surface area contributed by atoms with E-state index in [-0.39, 0.29) is 17.5 Å². The number of aromatic amines is 1. The molecule has 1 aliphatic heterocycles. The molecule has 0 saturated carbocycles. The number of nitrogens with zero attached hydrogens (tertiary/aromatic N) is 1. The van der Waals surface area contributed by atoms with Gasteiger partial charge in [0.05, 0.1) is 5.69 Å². The molecule has 126 valence electrons. The molecule has 1 aromatic heterocycles. The topological polar surface area (TPSA) is 98.9 Å². The first-order valence-electron chi connectivity index (χ1n) is 7.68. The van der Waals surface area contributed by atoms with Gasteiger partial charge in [-0.25, -0.2) is 9.18 Å². The van der Waals surface area contributed by atoms with Crippen molar-refractivity contribution in [2.24, 2.45) is 0 Å². The summed E-state index contributed by atoms with van der Waals surface area (Å²) in [6.45, 7) is 4.00. The molecule has 0 radical (unpaired) electrons. The predicted octanol–water partition coefficient (Wildman–Crippen LogP) is 3.20. The molecular weight excluding hydrogens is 313 g/mol. The molecule has 7 nitrogen and oxygen atoms in total. The molecule has 0 unspecified atom stereocenters. The minimum atomic E-state index is -0.615. The third-order valence-corrected chi connectivity index (χ3v) is 3.80. The zero-order valence-corrected chi connectivity index (χ0v) is 13.4. The monoisotopic (exact) mass is 331 g/mol. The molecule has 1 aliphatic rings. The Balaban J connectivity index is 1.71. The fraction of sp³-hybridized carbons (Fsp3) is 0.312. The van der Waals surface area contributed by atoms with Crippen LogP contribution in [0.3, 0.4) is 0 Å². The van der Waals surface area contributed by atoms with Crippen LogP contribution in [0.2, 0.25) is 0 Å². The maximum Gasteiger partial charge on any atom is 0.324 e. The number of fused-ring (bicyclic) bond motifs is 1. The smallest absolute Gasteiger partial charge is 0.324 e. The number of aromatic nitrogens is 2. The number of amides is 3. The SMILES string of the molecule is CC(C)c1cc(NC(=O)Nc2cc3c(cc2F)NC(=O)CC3)n[nH]1. The second-order valence-electron chi connectivity index (χ2n) is 5.98. The highest BCUT2D eigenvalue weighted by Crippen LogP contribution is 2.28. The minimum Gasteiger partial charge on any atom is -0.326 e. The van der Waals surface area contributed by atoms with Crippen LogP contribution in [0.4, 0.5) is 26.4 Å². The first-order valence-corrected chi connectivity index (χ1v) is 7.68. The van der Waals surface area contributed by atoms with Gasteiger partial charge in [0.2, 0.25) is 5.91 Å². The van der Waals surface area contributed by atoms with Gasteiger partial charge in [0, 0.05) is 23.9 Å². The van der Waals surface area contributed by atoms with Crippen molar-refractivity contribution in [3.05, 3.63) is 35.3 Å². The van der Waals surface area contributed by atoms with Gasteiger partial charge in [-0.05, 0) is 30.0 Å². The lowest BCUT2D eigenvalue weighted by Gasteiger charge is -2.18. The highest BCUT2D eigenvalue weighted by Gasteiger charge is 2.18. The third kappa shape index (κ3) is 3.37. The summed E-state index contributed by atoms with van der Waals surface area (Å²) in [6, 6.07) is 3.89. The van der Waals surface area contributed by atoms with Crippen molar-refractivity contribution < 1.29 is 14.0 Å². The predicted molar refractivity (Wildman–Crippen MR) is 88.7 cm³/mol. The number of H-pyrrole nitrogens is 1. The number of hydrogen-bond acceptors (Lipinski definition) is 3. The van der Waals surface area contributed by atoms with Crippen LogP contribution in [-0.4, -0.2) is 22.1 Å². The highest BCUT2D eigenvalue weighted by atomic mass is 19.1. The van der Waals surface area contributed by atoms with Gasteiger partial charge in [-0.2, -0.15) is 5.10 Å². The number of hydrogen-bond donors (Lipinski definition) is 4. The molecule has 24 heavy (non-hydrogen) atoms. The summed E-state index contributed by atoms with van der Waals surface area (Å²) < 4.78 is 14.1. The largest absolute Gasteiger partial charge is 0.326 e. The molecule has 8 heteroatoms. The highest BCUT2D eigenvalue weighted by molar-refractivity contribution is 6.00. The number of nitrogens with one attached hydrogen (secondary N) is 4. The van der Waals surface area contributed by atoms with E-state index in [4.69, 9.17) is 0 Å². The third-order valence-electron chi connectivity index (χ3n) is 3.80. The second kappa shape index (κ2) is 6.31. The zero-order valence-electron chi connectivity index (χ0n) is 13.4. The van der Waals surface area contributed by atoms with Crippen molar-refractivity contribution in [2.45, 2.75) is 32.6 Å². The van der Waals surface area contributed by atoms with Gasteiger partial charge in [-0.1, -0.05) is 13.8 Å². The van der Waals surface area contributed by atoms with Crippen LogP contribution in [0.5, 0.6) is 0 Å². The lowest BCUT2D eigenvalue weighted by atomic mass is 10.0. The standard InChI is InChI=1S/C16H18FN5O2/c1-8(2)11-7-14(22-21-11)20-16(24)19-13-5-9-3-4-15(23)18-12(9)6-10(13)17/h5-8H,3-4H2,1-2H3,(H,18,23)(H3,19,20,21,22,24). The van der Waals surface area contributed by atoms with Gasteiger partial charge in [0.15, 0.2) is 5.82 Å². The number of benzene rings is 1. The Labute approximate surface area is 138 Å². The first kappa shape index (κ1) is 16.0. The van der Waals surface area contributed by atoms with E-state index in [2.05, 4.69) is 26.1 Å². The average molecular weight is 331 g/mol. The molecule has 0 aliphatic carbocycles. The van der Waals surface area contributed by atoms with Crippen LogP contribution in [-0.2, 0) is 11.2 Å². The van der Waals surface area contributed by atoms with Crippen molar-refractivity contribution in [1.82, 2.24) is 10.2 Å². The van der Waals surface area contributed by atoms with Gasteiger partial charge in [0.25, 0.3) is 0 Å². The van der Waals surface area contributed by atoms with Crippen LogP contribution in [0.1, 0.15) is 37.4 Å². The molecule has 2 heterocycles. The Hall–Kier alpha value is -2.90. The summed E-state index contributed by atoms with van der Waals surface area (Å²) in [4.78, 5) is 23.4. The number of urea groups is 1. The molecule has 3 amide bonds. The van der Waals surface area contributed by atoms with Gasteiger partial charge in [0.1, 0.15) is 5.82 Å². The molecule has 3 rings (SSSR count). The Morgan fingerprint density at radius 2 is 2.04 bits per heavy atom. The van der Waals surface area contributed by atoms with Crippen molar-refractivity contribution in [3.8, 4) is 0 Å². The van der Waals surface area contributed by atoms with Crippen LogP contribution >= 0.6 is 0 Å². The summed E-state index contributed by atoms with van der Waals surface area (Å²) in [5, 5.41) is 14.4. The first-order chi connectivity index (χ1) is 11.4. The van der Waals surface area contributed by atoms with Crippen LogP contribution < -0.4 is 16.0 Å². The number of halogens is 1. The average Bonchev–Trinajstić information content (AvgIpc) is 2.97. The lowest BCUT2D eigenvalue weighted by molar-refractivity contribution is -0.116. The number of rotatable bonds is 3. The lowest BCUT2D eigenvalue weighted by Crippen LogP contribution is -2.22. The summed E-state index contributed by atoms with van der Waals surface area (Å²) >= 11 is 0. The maximum atomic E-state index is 14.1. The summed E-state index contributed by atoms with van der Waals surface area (Å²) in [5.74, 6) is -0.137. The molecule has 0 bridgehead atoms. The van der Waals surface area contributed by atoms with E-state index in [0.717, 1.165) is 11.3 Å². The number of carbonyl (C=O) groups excluding carboxylic acids is 2. The fourth-order valence-corrected chi connectivity index (χ4v) is 2.46. The van der Waals surface area contributed by atoms with Crippen molar-refractivity contribution >= 4 is 29.1 Å². The van der Waals surface area contributed by atoms with E-state index < -0.39 is 11.8 Å². The minimum absolute atomic E-state index is 0.0574. The van der Waals surface area contributed by atoms with Crippen molar-refractivity contribution in [1.29, 1.82) is 0 Å². The maximum absolute atomic E-state index is 14.1. The van der Waals surface area contributed by atoms with E-state index >= 15 is 0 Å². The zero-order chi connectivity index (χ0) is 17.3. The van der Waals surface area contributed by atoms with Gasteiger partial charge in [-0.15, -0.1) is 0 Å². The molecule has 4 N–H and O–H groups in total. The van der Waals surface area contributed by atoms with Crippen LogP contribution in [0, 0.1) is 5.82 Å². The Bertz CT molecular complexity index is 800. The molecule has 0 atom stereocenters. The van der Waals surface area contributed by atoms with Gasteiger partial charge in [-0.3, -0.25) is 15.2 Å². The van der Waals surface area contributed by atoms with Crippen LogP contribution in [0.25, 0.3) is 0 Å². The Morgan fingerprint density at radius 3 is 2.75 bits per heavy atom. The normalized spacial score (nSPS) is 13.4. The van der Waals surface area contributed by atoms with Gasteiger partial charge < -0.3 is 10.6 Å². The molecule has 0 spiro atoms. The van der Waals surface area contributed by atoms with Crippen LogP contribution in [0.15, 0.2) is 18.2 Å². The van der Waals surface area contributed by atoms with E-state index in [0.29, 0.717) is 24.3 Å². The van der Waals surface area contributed by atoms with Gasteiger partial charge >= 0.3 is 6.03 Å². The summed E-state index contributed by atoms with van der Waals surface area (Å²) in [5.41, 5.74) is 2.18. The molecule has 2 aromatic rings. The molecule has 0 saturated heterocycles. The molecule has 0 fully saturated rings. The Morgan fingerprint density at radius 1 is 1.25 bits per heavy atom. The number of aryl methyl sites for hydroxylation is 1. The van der Waals surface area contributed by atoms with Crippen molar-refractivity contribution in [3.63, 3.8) is 0 Å². The van der Waals surface area contributed by atoms with E-state index in [1.54, 1.807) is 6.07 Å². The molecule has 1 aromatic carbocycles. The van der Waals surface area contributed by atoms with E-state index in [1.165, 1.54) is 12.1 Å². The number of carbonyl (C=O) groups is 2.